The Kier molecular flexibility index (Phi) is 7.82. The first kappa shape index (κ1) is 22.8. The summed E-state index contributed by atoms with van der Waals surface area (Å²) in [6.45, 7) is 4.17. The van der Waals surface area contributed by atoms with E-state index < -0.39 is 0 Å². The number of hydrogen-bond donors (Lipinski definition) is 1. The summed E-state index contributed by atoms with van der Waals surface area (Å²) in [6.07, 6.45) is 4.68. The smallest absolute Gasteiger partial charge is 0.253 e. The van der Waals surface area contributed by atoms with Crippen LogP contribution in [-0.2, 0) is 11.2 Å². The molecule has 32 heavy (non-hydrogen) atoms. The van der Waals surface area contributed by atoms with Gasteiger partial charge in [-0.25, -0.2) is 0 Å². The van der Waals surface area contributed by atoms with Gasteiger partial charge in [-0.05, 0) is 69.0 Å². The van der Waals surface area contributed by atoms with Gasteiger partial charge in [-0.2, -0.15) is 0 Å². The third-order valence-electron chi connectivity index (χ3n) is 6.80. The SMILES string of the molecule is O=C(NCCc1ccccc1)C1CCN(C2CCN(C(=O)c3cccc(Cl)c3)CC2)CC1. The van der Waals surface area contributed by atoms with Crippen molar-refractivity contribution in [2.75, 3.05) is 32.7 Å². The summed E-state index contributed by atoms with van der Waals surface area (Å²) < 4.78 is 0. The molecule has 1 N–H and O–H groups in total. The maximum atomic E-state index is 12.7. The van der Waals surface area contributed by atoms with E-state index in [2.05, 4.69) is 22.3 Å². The normalized spacial score (nSPS) is 18.5. The predicted octanol–water partition coefficient (Wildman–Crippen LogP) is 4.02. The number of benzene rings is 2. The molecule has 0 aliphatic carbocycles. The molecular formula is C26H32ClN3O2. The Morgan fingerprint density at radius 3 is 2.31 bits per heavy atom. The maximum Gasteiger partial charge on any atom is 0.253 e. The molecule has 6 heteroatoms. The number of nitrogens with one attached hydrogen (secondary N) is 1. The Balaban J connectivity index is 1.17. The van der Waals surface area contributed by atoms with Crippen LogP contribution >= 0.6 is 11.6 Å². The van der Waals surface area contributed by atoms with Gasteiger partial charge in [0.2, 0.25) is 5.91 Å². The molecule has 2 saturated heterocycles. The highest BCUT2D eigenvalue weighted by atomic mass is 35.5. The van der Waals surface area contributed by atoms with Crippen LogP contribution in [0.25, 0.3) is 0 Å². The van der Waals surface area contributed by atoms with Crippen molar-refractivity contribution in [2.24, 2.45) is 5.92 Å². The van der Waals surface area contributed by atoms with Gasteiger partial charge in [0.15, 0.2) is 0 Å². The van der Waals surface area contributed by atoms with Crippen LogP contribution in [0.5, 0.6) is 0 Å². The van der Waals surface area contributed by atoms with Gasteiger partial charge < -0.3 is 15.1 Å². The topological polar surface area (TPSA) is 52.7 Å². The lowest BCUT2D eigenvalue weighted by molar-refractivity contribution is -0.126. The Bertz CT molecular complexity index is 904. The van der Waals surface area contributed by atoms with Gasteiger partial charge in [-0.1, -0.05) is 48.0 Å². The molecule has 2 aliphatic rings. The lowest BCUT2D eigenvalue weighted by atomic mass is 9.92. The highest BCUT2D eigenvalue weighted by Gasteiger charge is 2.31. The van der Waals surface area contributed by atoms with E-state index in [1.165, 1.54) is 5.56 Å². The second kappa shape index (κ2) is 11.0. The molecular weight excluding hydrogens is 422 g/mol. The Morgan fingerprint density at radius 1 is 0.906 bits per heavy atom. The zero-order valence-corrected chi connectivity index (χ0v) is 19.3. The van der Waals surface area contributed by atoms with Crippen molar-refractivity contribution in [3.63, 3.8) is 0 Å². The van der Waals surface area contributed by atoms with Crippen LogP contribution in [0.1, 0.15) is 41.6 Å². The highest BCUT2D eigenvalue weighted by Crippen LogP contribution is 2.25. The van der Waals surface area contributed by atoms with Gasteiger partial charge in [0.05, 0.1) is 0 Å². The highest BCUT2D eigenvalue weighted by molar-refractivity contribution is 6.30. The number of hydrogen-bond acceptors (Lipinski definition) is 3. The zero-order chi connectivity index (χ0) is 22.3. The van der Waals surface area contributed by atoms with Crippen LogP contribution in [0.2, 0.25) is 5.02 Å². The second-order valence-electron chi connectivity index (χ2n) is 8.87. The molecule has 0 aromatic heterocycles. The molecule has 0 bridgehead atoms. The van der Waals surface area contributed by atoms with Gasteiger partial charge in [-0.15, -0.1) is 0 Å². The fourth-order valence-electron chi connectivity index (χ4n) is 4.88. The lowest BCUT2D eigenvalue weighted by Crippen LogP contribution is -2.50. The van der Waals surface area contributed by atoms with Crippen molar-refractivity contribution in [3.8, 4) is 0 Å². The van der Waals surface area contributed by atoms with Gasteiger partial charge in [-0.3, -0.25) is 9.59 Å². The van der Waals surface area contributed by atoms with Crippen LogP contribution in [0.15, 0.2) is 54.6 Å². The average molecular weight is 454 g/mol. The molecule has 2 aliphatic heterocycles. The molecule has 0 saturated carbocycles. The first-order valence-electron chi connectivity index (χ1n) is 11.7. The fourth-order valence-corrected chi connectivity index (χ4v) is 5.07. The van der Waals surface area contributed by atoms with E-state index in [1.807, 2.05) is 35.2 Å². The number of piperidine rings is 2. The molecule has 2 fully saturated rings. The summed E-state index contributed by atoms with van der Waals surface area (Å²) >= 11 is 6.04. The minimum atomic E-state index is 0.0665. The molecule has 170 valence electrons. The third-order valence-corrected chi connectivity index (χ3v) is 7.03. The second-order valence-corrected chi connectivity index (χ2v) is 9.31. The fraction of sp³-hybridized carbons (Fsp3) is 0.462. The summed E-state index contributed by atoms with van der Waals surface area (Å²) in [5.74, 6) is 0.380. The van der Waals surface area contributed by atoms with Gasteiger partial charge in [0.25, 0.3) is 5.91 Å². The summed E-state index contributed by atoms with van der Waals surface area (Å²) in [5.41, 5.74) is 1.91. The number of nitrogens with zero attached hydrogens (tertiary/aromatic N) is 2. The Morgan fingerprint density at radius 2 is 1.62 bits per heavy atom. The summed E-state index contributed by atoms with van der Waals surface area (Å²) in [5, 5.41) is 3.72. The molecule has 2 amide bonds. The minimum Gasteiger partial charge on any atom is -0.356 e. The van der Waals surface area contributed by atoms with E-state index in [1.54, 1.807) is 12.1 Å². The maximum absolute atomic E-state index is 12.7. The molecule has 0 unspecified atom stereocenters. The zero-order valence-electron chi connectivity index (χ0n) is 18.5. The average Bonchev–Trinajstić information content (AvgIpc) is 2.84. The van der Waals surface area contributed by atoms with Crippen molar-refractivity contribution in [1.82, 2.24) is 15.1 Å². The van der Waals surface area contributed by atoms with Crippen LogP contribution < -0.4 is 5.32 Å². The Hall–Kier alpha value is -2.37. The molecule has 5 nitrogen and oxygen atoms in total. The number of carbonyl (C=O) groups is 2. The van der Waals surface area contributed by atoms with Crippen molar-refractivity contribution in [3.05, 3.63) is 70.7 Å². The van der Waals surface area contributed by atoms with Gasteiger partial charge in [0.1, 0.15) is 0 Å². The largest absolute Gasteiger partial charge is 0.356 e. The molecule has 2 aromatic rings. The quantitative estimate of drug-likeness (QED) is 0.718. The van der Waals surface area contributed by atoms with E-state index in [4.69, 9.17) is 11.6 Å². The summed E-state index contributed by atoms with van der Waals surface area (Å²) in [7, 11) is 0. The lowest BCUT2D eigenvalue weighted by Gasteiger charge is -2.41. The molecule has 0 radical (unpaired) electrons. The number of rotatable bonds is 6. The molecule has 2 aromatic carbocycles. The summed E-state index contributed by atoms with van der Waals surface area (Å²) in [6, 6.07) is 18.0. The van der Waals surface area contributed by atoms with E-state index in [0.717, 1.165) is 58.3 Å². The van der Waals surface area contributed by atoms with Crippen molar-refractivity contribution < 1.29 is 9.59 Å². The number of carbonyl (C=O) groups excluding carboxylic acids is 2. The first-order valence-corrected chi connectivity index (χ1v) is 12.1. The van der Waals surface area contributed by atoms with Crippen LogP contribution in [0.3, 0.4) is 0 Å². The number of halogens is 1. The monoisotopic (exact) mass is 453 g/mol. The van der Waals surface area contributed by atoms with Gasteiger partial charge >= 0.3 is 0 Å². The molecule has 0 atom stereocenters. The summed E-state index contributed by atoms with van der Waals surface area (Å²) in [4.78, 5) is 29.8. The molecule has 2 heterocycles. The van der Waals surface area contributed by atoms with E-state index in [0.29, 0.717) is 23.2 Å². The van der Waals surface area contributed by atoms with Crippen molar-refractivity contribution in [1.29, 1.82) is 0 Å². The van der Waals surface area contributed by atoms with Crippen LogP contribution in [-0.4, -0.2) is 60.4 Å². The standard InChI is InChI=1S/C26H32ClN3O2/c27-23-8-4-7-22(19-23)26(32)30-17-12-24(13-18-30)29-15-10-21(11-16-29)25(31)28-14-9-20-5-2-1-3-6-20/h1-8,19,21,24H,9-18H2,(H,28,31). The van der Waals surface area contributed by atoms with Crippen molar-refractivity contribution >= 4 is 23.4 Å². The predicted molar refractivity (Wildman–Crippen MR) is 128 cm³/mol. The molecule has 4 rings (SSSR count). The molecule has 0 spiro atoms. The van der Waals surface area contributed by atoms with Gasteiger partial charge in [0, 0.05) is 42.2 Å². The minimum absolute atomic E-state index is 0.0665. The van der Waals surface area contributed by atoms with Crippen molar-refractivity contribution in [2.45, 2.75) is 38.1 Å². The number of amides is 2. The Labute approximate surface area is 195 Å². The first-order chi connectivity index (χ1) is 15.6. The number of likely N-dealkylation sites (tertiary alicyclic amines) is 2. The van der Waals surface area contributed by atoms with E-state index in [-0.39, 0.29) is 17.7 Å². The van der Waals surface area contributed by atoms with E-state index in [9.17, 15) is 9.59 Å². The van der Waals surface area contributed by atoms with Crippen LogP contribution in [0, 0.1) is 5.92 Å². The van der Waals surface area contributed by atoms with Crippen LogP contribution in [0.4, 0.5) is 0 Å². The third kappa shape index (κ3) is 5.90. The van der Waals surface area contributed by atoms with E-state index >= 15 is 0 Å².